The molecule has 57 heavy (non-hydrogen) atoms. The Hall–Kier alpha value is -6.38. The lowest BCUT2D eigenvalue weighted by Gasteiger charge is -2.26. The van der Waals surface area contributed by atoms with Gasteiger partial charge in [-0.05, 0) is 53.4 Å². The van der Waals surface area contributed by atoms with Crippen LogP contribution in [0.25, 0.3) is 10.8 Å². The normalized spacial score (nSPS) is 13.0. The molecule has 1 aromatic heterocycles. The van der Waals surface area contributed by atoms with Crippen LogP contribution in [0.2, 0.25) is 0 Å². The van der Waals surface area contributed by atoms with Crippen LogP contribution in [0, 0.1) is 0 Å². The predicted molar refractivity (Wildman–Crippen MR) is 220 cm³/mol. The molecule has 2 heterocycles. The van der Waals surface area contributed by atoms with E-state index in [0.29, 0.717) is 65.5 Å². The van der Waals surface area contributed by atoms with Crippen LogP contribution in [0.4, 0.5) is 27.7 Å². The number of nitrogens with zero attached hydrogens (tertiary/aromatic N) is 2. The highest BCUT2D eigenvalue weighted by Gasteiger charge is 2.25. The Morgan fingerprint density at radius 3 is 2.30 bits per heavy atom. The Balaban J connectivity index is 1.17. The van der Waals surface area contributed by atoms with Crippen molar-refractivity contribution in [1.29, 1.82) is 0 Å². The third kappa shape index (κ3) is 10.1. The molecule has 298 valence electrons. The van der Waals surface area contributed by atoms with Crippen molar-refractivity contribution < 1.29 is 38.1 Å². The number of esters is 1. The van der Waals surface area contributed by atoms with E-state index in [1.807, 2.05) is 45.0 Å². The van der Waals surface area contributed by atoms with Crippen LogP contribution in [0.1, 0.15) is 47.1 Å². The van der Waals surface area contributed by atoms with Crippen molar-refractivity contribution in [2.24, 2.45) is 0 Å². The topological polar surface area (TPSA) is 162 Å². The molecular weight excluding hydrogens is 729 g/mol. The van der Waals surface area contributed by atoms with Gasteiger partial charge < -0.3 is 45.0 Å². The smallest absolute Gasteiger partial charge is 0.341 e. The Kier molecular flexibility index (Phi) is 12.8. The number of aromatic nitrogens is 1. The maximum atomic E-state index is 13.5. The standard InChI is InChI=1S/C43H48N6O8/c1-43(2,3)28-23-34(41(51)55-6)39(54-5)36(24-28)48-42(52)47-35-11-12-37(33-10-8-7-9-32(33)35)57-30-13-14-44-38(26-30)46-29-21-27(22-31(25-29)53-4)40(50)45-15-16-49-17-19-56-20-18-49/h7-14,21-26H,15-20H2,1-6H3,(H,44,46)(H,45,50)(H2,47,48,52). The number of rotatable bonds is 13. The van der Waals surface area contributed by atoms with Crippen molar-refractivity contribution in [3.8, 4) is 23.0 Å². The summed E-state index contributed by atoms with van der Waals surface area (Å²) in [6.07, 6.45) is 1.62. The molecule has 1 saturated heterocycles. The van der Waals surface area contributed by atoms with Crippen molar-refractivity contribution in [2.45, 2.75) is 26.2 Å². The van der Waals surface area contributed by atoms with Gasteiger partial charge in [0.25, 0.3) is 5.91 Å². The van der Waals surface area contributed by atoms with E-state index in [1.54, 1.807) is 67.9 Å². The zero-order chi connectivity index (χ0) is 40.5. The maximum absolute atomic E-state index is 13.5. The van der Waals surface area contributed by atoms with Gasteiger partial charge in [0, 0.05) is 66.5 Å². The molecule has 0 radical (unpaired) electrons. The minimum absolute atomic E-state index is 0.192. The van der Waals surface area contributed by atoms with Crippen LogP contribution in [0.5, 0.6) is 23.0 Å². The summed E-state index contributed by atoms with van der Waals surface area (Å²) >= 11 is 0. The van der Waals surface area contributed by atoms with E-state index in [1.165, 1.54) is 14.2 Å². The number of fused-ring (bicyclic) bond motifs is 1. The lowest BCUT2D eigenvalue weighted by Crippen LogP contribution is -2.41. The lowest BCUT2D eigenvalue weighted by atomic mass is 9.85. The Morgan fingerprint density at radius 1 is 0.825 bits per heavy atom. The fourth-order valence-electron chi connectivity index (χ4n) is 6.37. The van der Waals surface area contributed by atoms with Crippen LogP contribution < -0.4 is 35.5 Å². The molecule has 0 spiro atoms. The fraction of sp³-hybridized carbons (Fsp3) is 0.302. The summed E-state index contributed by atoms with van der Waals surface area (Å²) in [5.41, 5.74) is 2.60. The van der Waals surface area contributed by atoms with Gasteiger partial charge >= 0.3 is 12.0 Å². The fourth-order valence-corrected chi connectivity index (χ4v) is 6.37. The van der Waals surface area contributed by atoms with E-state index in [9.17, 15) is 14.4 Å². The van der Waals surface area contributed by atoms with Gasteiger partial charge in [0.05, 0.1) is 45.9 Å². The van der Waals surface area contributed by atoms with E-state index in [0.717, 1.165) is 36.0 Å². The summed E-state index contributed by atoms with van der Waals surface area (Å²) in [5.74, 6) is 1.46. The average molecular weight is 777 g/mol. The predicted octanol–water partition coefficient (Wildman–Crippen LogP) is 7.58. The number of amides is 3. The third-order valence-corrected chi connectivity index (χ3v) is 9.40. The van der Waals surface area contributed by atoms with Crippen LogP contribution in [-0.4, -0.2) is 88.5 Å². The van der Waals surface area contributed by atoms with Crippen molar-refractivity contribution in [2.75, 3.05) is 76.7 Å². The quantitative estimate of drug-likeness (QED) is 0.0873. The number of benzene rings is 4. The highest BCUT2D eigenvalue weighted by atomic mass is 16.5. The summed E-state index contributed by atoms with van der Waals surface area (Å²) < 4.78 is 27.8. The van der Waals surface area contributed by atoms with E-state index in [-0.39, 0.29) is 22.6 Å². The molecule has 0 unspecified atom stereocenters. The molecule has 0 atom stereocenters. The number of hydrogen-bond donors (Lipinski definition) is 4. The number of nitrogens with one attached hydrogen (secondary N) is 4. The second kappa shape index (κ2) is 18.0. The molecule has 0 saturated carbocycles. The Labute approximate surface area is 331 Å². The van der Waals surface area contributed by atoms with Crippen molar-refractivity contribution in [3.63, 3.8) is 0 Å². The van der Waals surface area contributed by atoms with E-state index in [4.69, 9.17) is 23.7 Å². The molecule has 14 heteroatoms. The maximum Gasteiger partial charge on any atom is 0.341 e. The SMILES string of the molecule is COC(=O)c1cc(C(C)(C)C)cc(NC(=O)Nc2ccc(Oc3ccnc(Nc4cc(OC)cc(C(=O)NCCN5CCOCC5)c4)c3)c3ccccc23)c1OC. The minimum atomic E-state index is -0.579. The zero-order valence-electron chi connectivity index (χ0n) is 33.0. The number of methoxy groups -OCH3 is 3. The molecule has 5 aromatic rings. The molecule has 4 aromatic carbocycles. The van der Waals surface area contributed by atoms with Crippen LogP contribution >= 0.6 is 0 Å². The second-order valence-electron chi connectivity index (χ2n) is 14.3. The Bertz CT molecular complexity index is 2250. The van der Waals surface area contributed by atoms with Gasteiger partial charge in [-0.3, -0.25) is 9.69 Å². The van der Waals surface area contributed by atoms with E-state index >= 15 is 0 Å². The molecule has 3 amide bonds. The van der Waals surface area contributed by atoms with Gasteiger partial charge in [-0.15, -0.1) is 0 Å². The van der Waals surface area contributed by atoms with Gasteiger partial charge in [0.1, 0.15) is 28.6 Å². The van der Waals surface area contributed by atoms with Crippen LogP contribution in [0.3, 0.4) is 0 Å². The van der Waals surface area contributed by atoms with Gasteiger partial charge in [-0.1, -0.05) is 45.0 Å². The number of urea groups is 1. The molecule has 14 nitrogen and oxygen atoms in total. The van der Waals surface area contributed by atoms with Crippen molar-refractivity contribution in [3.05, 3.63) is 102 Å². The first-order chi connectivity index (χ1) is 27.4. The summed E-state index contributed by atoms with van der Waals surface area (Å²) in [7, 11) is 4.28. The highest BCUT2D eigenvalue weighted by Crippen LogP contribution is 2.38. The Morgan fingerprint density at radius 2 is 1.58 bits per heavy atom. The number of ether oxygens (including phenoxy) is 5. The average Bonchev–Trinajstić information content (AvgIpc) is 3.21. The zero-order valence-corrected chi connectivity index (χ0v) is 33.0. The van der Waals surface area contributed by atoms with E-state index < -0.39 is 12.0 Å². The number of morpholine rings is 1. The molecular formula is C43H48N6O8. The summed E-state index contributed by atoms with van der Waals surface area (Å²) in [6.45, 7) is 10.4. The minimum Gasteiger partial charge on any atom is -0.497 e. The van der Waals surface area contributed by atoms with Crippen molar-refractivity contribution >= 4 is 51.6 Å². The lowest BCUT2D eigenvalue weighted by molar-refractivity contribution is 0.0383. The largest absolute Gasteiger partial charge is 0.497 e. The van der Waals surface area contributed by atoms with Gasteiger partial charge in [0.15, 0.2) is 5.75 Å². The highest BCUT2D eigenvalue weighted by molar-refractivity contribution is 6.09. The van der Waals surface area contributed by atoms with Gasteiger partial charge in [-0.25, -0.2) is 14.6 Å². The third-order valence-electron chi connectivity index (χ3n) is 9.40. The second-order valence-corrected chi connectivity index (χ2v) is 14.3. The summed E-state index contributed by atoms with van der Waals surface area (Å²) in [5, 5.41) is 13.5. The molecule has 1 fully saturated rings. The molecule has 1 aliphatic rings. The summed E-state index contributed by atoms with van der Waals surface area (Å²) in [6, 6.07) is 22.7. The molecule has 0 aliphatic carbocycles. The molecule has 4 N–H and O–H groups in total. The first-order valence-corrected chi connectivity index (χ1v) is 18.5. The van der Waals surface area contributed by atoms with Crippen molar-refractivity contribution in [1.82, 2.24) is 15.2 Å². The van der Waals surface area contributed by atoms with Crippen LogP contribution in [-0.2, 0) is 14.9 Å². The van der Waals surface area contributed by atoms with Gasteiger partial charge in [-0.2, -0.15) is 0 Å². The molecule has 1 aliphatic heterocycles. The number of hydrogen-bond acceptors (Lipinski definition) is 11. The van der Waals surface area contributed by atoms with Gasteiger partial charge in [0.2, 0.25) is 0 Å². The first-order valence-electron chi connectivity index (χ1n) is 18.5. The molecule has 0 bridgehead atoms. The molecule has 6 rings (SSSR count). The summed E-state index contributed by atoms with van der Waals surface area (Å²) in [4.78, 5) is 46.0. The van der Waals surface area contributed by atoms with E-state index in [2.05, 4.69) is 31.2 Å². The first kappa shape index (κ1) is 40.3. The monoisotopic (exact) mass is 776 g/mol. The number of carbonyl (C=O) groups excluding carboxylic acids is 3. The number of anilines is 4. The van der Waals surface area contributed by atoms with Crippen LogP contribution in [0.15, 0.2) is 85.1 Å². The number of pyridine rings is 1. The number of carbonyl (C=O) groups is 3.